The molecule has 35 heavy (non-hydrogen) atoms. The highest BCUT2D eigenvalue weighted by Gasteiger charge is 2.22. The first-order chi connectivity index (χ1) is 17.0. The van der Waals surface area contributed by atoms with E-state index in [1.165, 1.54) is 4.88 Å². The second-order valence-electron chi connectivity index (χ2n) is 8.14. The Hall–Kier alpha value is -3.91. The lowest BCUT2D eigenvalue weighted by Crippen LogP contribution is -2.31. The lowest BCUT2D eigenvalue weighted by molar-refractivity contribution is -0.116. The Bertz CT molecular complexity index is 1270. The molecule has 0 aliphatic rings. The third kappa shape index (κ3) is 6.36. The Morgan fingerprint density at radius 3 is 2.63 bits per heavy atom. The van der Waals surface area contributed by atoms with Crippen molar-refractivity contribution in [2.75, 3.05) is 12.4 Å². The van der Waals surface area contributed by atoms with Gasteiger partial charge in [-0.3, -0.25) is 9.59 Å². The van der Waals surface area contributed by atoms with Gasteiger partial charge in [0.1, 0.15) is 17.6 Å². The van der Waals surface area contributed by atoms with Gasteiger partial charge in [-0.2, -0.15) is 0 Å². The zero-order chi connectivity index (χ0) is 24.6. The summed E-state index contributed by atoms with van der Waals surface area (Å²) < 4.78 is 7.14. The number of anilines is 1. The van der Waals surface area contributed by atoms with Crippen molar-refractivity contribution in [2.45, 2.75) is 25.3 Å². The molecule has 4 aromatic rings. The summed E-state index contributed by atoms with van der Waals surface area (Å²) in [7, 11) is 3.50. The number of aromatic nitrogens is 2. The Balaban J connectivity index is 1.43. The molecule has 0 saturated carbocycles. The number of ether oxygens (including phenoxy) is 1. The maximum atomic E-state index is 13.2. The fourth-order valence-corrected chi connectivity index (χ4v) is 4.55. The molecule has 2 aromatic heterocycles. The predicted octanol–water partition coefficient (Wildman–Crippen LogP) is 4.97. The number of imidazole rings is 1. The van der Waals surface area contributed by atoms with Crippen molar-refractivity contribution in [1.29, 1.82) is 0 Å². The number of rotatable bonds is 10. The molecule has 7 nitrogen and oxygen atoms in total. The molecule has 0 radical (unpaired) electrons. The minimum Gasteiger partial charge on any atom is -0.497 e. The number of hydrogen-bond donors (Lipinski definition) is 2. The quantitative estimate of drug-likeness (QED) is 0.330. The fraction of sp³-hybridized carbons (Fsp3) is 0.222. The van der Waals surface area contributed by atoms with Crippen LogP contribution in [0.2, 0.25) is 0 Å². The lowest BCUT2D eigenvalue weighted by Gasteiger charge is -2.20. The molecule has 0 bridgehead atoms. The summed E-state index contributed by atoms with van der Waals surface area (Å²) in [6.45, 7) is 0. The van der Waals surface area contributed by atoms with Crippen LogP contribution < -0.4 is 15.4 Å². The van der Waals surface area contributed by atoms with Crippen molar-refractivity contribution in [3.63, 3.8) is 0 Å². The van der Waals surface area contributed by atoms with E-state index in [9.17, 15) is 9.59 Å². The van der Waals surface area contributed by atoms with Gasteiger partial charge in [-0.25, -0.2) is 4.98 Å². The van der Waals surface area contributed by atoms with Gasteiger partial charge in [0, 0.05) is 42.0 Å². The van der Waals surface area contributed by atoms with Crippen LogP contribution in [0.15, 0.2) is 78.4 Å². The monoisotopic (exact) mass is 488 g/mol. The van der Waals surface area contributed by atoms with E-state index in [2.05, 4.69) is 21.7 Å². The van der Waals surface area contributed by atoms with Gasteiger partial charge in [0.15, 0.2) is 0 Å². The van der Waals surface area contributed by atoms with Crippen LogP contribution >= 0.6 is 11.3 Å². The van der Waals surface area contributed by atoms with Gasteiger partial charge in [0.05, 0.1) is 7.11 Å². The van der Waals surface area contributed by atoms with E-state index < -0.39 is 6.04 Å². The van der Waals surface area contributed by atoms with E-state index in [1.54, 1.807) is 48.9 Å². The van der Waals surface area contributed by atoms with E-state index in [4.69, 9.17) is 4.74 Å². The third-order valence-corrected chi connectivity index (χ3v) is 6.59. The Morgan fingerprint density at radius 1 is 1.11 bits per heavy atom. The number of benzene rings is 2. The number of thiophene rings is 1. The number of hydrogen-bond acceptors (Lipinski definition) is 5. The van der Waals surface area contributed by atoms with Crippen LogP contribution in [-0.4, -0.2) is 28.5 Å². The van der Waals surface area contributed by atoms with Gasteiger partial charge in [0.25, 0.3) is 5.91 Å². The number of carbonyl (C=O) groups is 2. The first-order valence-corrected chi connectivity index (χ1v) is 12.3. The van der Waals surface area contributed by atoms with Crippen LogP contribution in [-0.2, 0) is 18.3 Å². The lowest BCUT2D eigenvalue weighted by atomic mass is 10.0. The molecule has 2 amide bonds. The highest BCUT2D eigenvalue weighted by atomic mass is 32.1. The van der Waals surface area contributed by atoms with Gasteiger partial charge in [-0.05, 0) is 60.2 Å². The van der Waals surface area contributed by atoms with E-state index in [0.29, 0.717) is 23.5 Å². The van der Waals surface area contributed by atoms with Crippen molar-refractivity contribution >= 4 is 28.8 Å². The average molecular weight is 489 g/mol. The Labute approximate surface area is 208 Å². The van der Waals surface area contributed by atoms with E-state index in [0.717, 1.165) is 24.2 Å². The number of carbonyl (C=O) groups excluding carboxylic acids is 2. The molecule has 1 unspecified atom stereocenters. The van der Waals surface area contributed by atoms with Gasteiger partial charge in [0.2, 0.25) is 5.91 Å². The highest BCUT2D eigenvalue weighted by molar-refractivity contribution is 7.09. The minimum absolute atomic E-state index is 0.0664. The second kappa shape index (κ2) is 11.5. The average Bonchev–Trinajstić information content (AvgIpc) is 3.54. The maximum absolute atomic E-state index is 13.2. The summed E-state index contributed by atoms with van der Waals surface area (Å²) in [4.78, 5) is 31.3. The van der Waals surface area contributed by atoms with Crippen LogP contribution in [0.5, 0.6) is 5.75 Å². The summed E-state index contributed by atoms with van der Waals surface area (Å²) >= 11 is 1.70. The summed E-state index contributed by atoms with van der Waals surface area (Å²) in [6, 6.07) is 18.1. The molecule has 2 heterocycles. The fourth-order valence-electron chi connectivity index (χ4n) is 3.80. The number of methoxy groups -OCH3 is 1. The normalized spacial score (nSPS) is 11.6. The molecule has 180 valence electrons. The van der Waals surface area contributed by atoms with Gasteiger partial charge in [-0.15, -0.1) is 11.3 Å². The van der Waals surface area contributed by atoms with Crippen molar-refractivity contribution in [3.8, 4) is 5.75 Å². The summed E-state index contributed by atoms with van der Waals surface area (Å²) in [5.74, 6) is 1.11. The number of aryl methyl sites for hydroxylation is 2. The van der Waals surface area contributed by atoms with Crippen LogP contribution in [0, 0.1) is 0 Å². The molecule has 2 aromatic carbocycles. The number of amides is 2. The van der Waals surface area contributed by atoms with Crippen LogP contribution in [0.25, 0.3) is 0 Å². The van der Waals surface area contributed by atoms with E-state index in [-0.39, 0.29) is 11.8 Å². The van der Waals surface area contributed by atoms with Crippen LogP contribution in [0.3, 0.4) is 0 Å². The molecular weight excluding hydrogens is 460 g/mol. The largest absolute Gasteiger partial charge is 0.497 e. The molecular formula is C27H28N4O3S. The predicted molar refractivity (Wildman–Crippen MR) is 138 cm³/mol. The molecule has 2 N–H and O–H groups in total. The molecule has 8 heteroatoms. The van der Waals surface area contributed by atoms with E-state index >= 15 is 0 Å². The highest BCUT2D eigenvalue weighted by Crippen LogP contribution is 2.24. The minimum atomic E-state index is -0.455. The molecule has 1 atom stereocenters. The second-order valence-corrected chi connectivity index (χ2v) is 9.17. The van der Waals surface area contributed by atoms with Crippen LogP contribution in [0.4, 0.5) is 5.69 Å². The molecule has 0 fully saturated rings. The zero-order valence-electron chi connectivity index (χ0n) is 19.7. The van der Waals surface area contributed by atoms with Gasteiger partial charge < -0.3 is 19.9 Å². The molecule has 0 saturated heterocycles. The van der Waals surface area contributed by atoms with Gasteiger partial charge >= 0.3 is 0 Å². The maximum Gasteiger partial charge on any atom is 0.252 e. The summed E-state index contributed by atoms with van der Waals surface area (Å²) in [5.41, 5.74) is 1.93. The van der Waals surface area contributed by atoms with Crippen molar-refractivity contribution in [2.24, 2.45) is 7.05 Å². The van der Waals surface area contributed by atoms with Crippen LogP contribution in [0.1, 0.15) is 45.5 Å². The number of nitrogens with zero attached hydrogens (tertiary/aromatic N) is 2. The van der Waals surface area contributed by atoms with Gasteiger partial charge in [-0.1, -0.05) is 24.3 Å². The smallest absolute Gasteiger partial charge is 0.252 e. The first-order valence-electron chi connectivity index (χ1n) is 11.4. The first kappa shape index (κ1) is 24.2. The van der Waals surface area contributed by atoms with Crippen molar-refractivity contribution in [1.82, 2.24) is 14.9 Å². The summed E-state index contributed by atoms with van der Waals surface area (Å²) in [6.07, 6.45) is 5.62. The Morgan fingerprint density at radius 2 is 1.94 bits per heavy atom. The van der Waals surface area contributed by atoms with Crippen molar-refractivity contribution in [3.05, 3.63) is 100 Å². The topological polar surface area (TPSA) is 85.2 Å². The molecule has 0 aliphatic heterocycles. The zero-order valence-corrected chi connectivity index (χ0v) is 20.5. The Kier molecular flexibility index (Phi) is 7.95. The van der Waals surface area contributed by atoms with E-state index in [1.807, 2.05) is 53.5 Å². The summed E-state index contributed by atoms with van der Waals surface area (Å²) in [5, 5.41) is 8.03. The molecule has 0 spiro atoms. The molecule has 0 aliphatic carbocycles. The van der Waals surface area contributed by atoms with Crippen molar-refractivity contribution < 1.29 is 14.3 Å². The third-order valence-electron chi connectivity index (χ3n) is 5.66. The standard InChI is InChI=1S/C27H28N4O3S/c1-31-16-15-28-26(31)25(19-11-13-22(34-2)14-12-19)30-27(33)20-6-3-7-21(18-20)29-24(32)10-4-8-23-9-5-17-35-23/h3,5-7,9,11-18,25H,4,8,10H2,1-2H3,(H,29,32)(H,30,33). The number of nitrogens with one attached hydrogen (secondary N) is 2. The SMILES string of the molecule is COc1ccc(C(NC(=O)c2cccc(NC(=O)CCCc3cccs3)c2)c2nccn2C)cc1. The molecule has 4 rings (SSSR count).